The van der Waals surface area contributed by atoms with Gasteiger partial charge in [-0.2, -0.15) is 26.3 Å². The molecule has 0 aliphatic heterocycles. The van der Waals surface area contributed by atoms with Crippen LogP contribution in [0.3, 0.4) is 0 Å². The summed E-state index contributed by atoms with van der Waals surface area (Å²) in [6, 6.07) is 5.59. The molecule has 22 heavy (non-hydrogen) atoms. The summed E-state index contributed by atoms with van der Waals surface area (Å²) in [6.07, 6.45) is -11.6. The maximum Gasteiger partial charge on any atom is 0.410 e. The summed E-state index contributed by atoms with van der Waals surface area (Å²) in [7, 11) is 1.11. The van der Waals surface area contributed by atoms with Crippen LogP contribution in [0.1, 0.15) is 11.1 Å². The van der Waals surface area contributed by atoms with Crippen molar-refractivity contribution in [2.45, 2.75) is 18.8 Å². The first-order chi connectivity index (χ1) is 10.1. The first kappa shape index (κ1) is 16.7. The summed E-state index contributed by atoms with van der Waals surface area (Å²) in [5.74, 6) is -1.20. The Morgan fingerprint density at radius 2 is 1.64 bits per heavy atom. The van der Waals surface area contributed by atoms with Gasteiger partial charge in [0, 0.05) is 13.5 Å². The lowest BCUT2D eigenvalue weighted by Gasteiger charge is -2.40. The smallest absolute Gasteiger partial charge is 0.410 e. The fraction of sp³-hybridized carbons (Fsp3) is 0.429. The van der Waals surface area contributed by atoms with E-state index in [1.54, 1.807) is 0 Å². The fourth-order valence-electron chi connectivity index (χ4n) is 2.40. The third-order valence-corrected chi connectivity index (χ3v) is 3.52. The van der Waals surface area contributed by atoms with Gasteiger partial charge in [-0.1, -0.05) is 24.3 Å². The molecule has 0 spiro atoms. The number of rotatable bonds is 3. The standard InChI is InChI=1S/C14H12F6O2/c1-21-8-22-11-6-9-4-2-3-5-10(9)7-12(11,13(15,16)17)14(18,19)20/h2-6H,7-8H2,1H3. The quantitative estimate of drug-likeness (QED) is 0.608. The lowest BCUT2D eigenvalue weighted by Crippen LogP contribution is -2.54. The summed E-state index contributed by atoms with van der Waals surface area (Å²) < 4.78 is 89.4. The Hall–Kier alpha value is -1.70. The van der Waals surface area contributed by atoms with Crippen LogP contribution in [-0.2, 0) is 15.9 Å². The summed E-state index contributed by atoms with van der Waals surface area (Å²) in [5, 5.41) is 0. The molecule has 0 aromatic heterocycles. The van der Waals surface area contributed by atoms with Gasteiger partial charge >= 0.3 is 12.4 Å². The maximum absolute atomic E-state index is 13.4. The topological polar surface area (TPSA) is 18.5 Å². The number of ether oxygens (including phenoxy) is 2. The molecule has 1 aromatic carbocycles. The Morgan fingerprint density at radius 3 is 2.18 bits per heavy atom. The van der Waals surface area contributed by atoms with Crippen LogP contribution in [0.25, 0.3) is 6.08 Å². The number of hydrogen-bond acceptors (Lipinski definition) is 2. The highest BCUT2D eigenvalue weighted by Gasteiger charge is 2.74. The first-order valence-electron chi connectivity index (χ1n) is 6.19. The molecule has 8 heteroatoms. The zero-order valence-corrected chi connectivity index (χ0v) is 11.4. The van der Waals surface area contributed by atoms with Gasteiger partial charge in [0.05, 0.1) is 0 Å². The van der Waals surface area contributed by atoms with Gasteiger partial charge in [-0.15, -0.1) is 0 Å². The monoisotopic (exact) mass is 326 g/mol. The van der Waals surface area contributed by atoms with E-state index in [9.17, 15) is 26.3 Å². The molecule has 2 nitrogen and oxygen atoms in total. The maximum atomic E-state index is 13.4. The molecule has 0 amide bonds. The molecular formula is C14H12F6O2. The highest BCUT2D eigenvalue weighted by molar-refractivity contribution is 5.61. The van der Waals surface area contributed by atoms with Gasteiger partial charge in [0.1, 0.15) is 5.76 Å². The van der Waals surface area contributed by atoms with E-state index in [1.807, 2.05) is 0 Å². The van der Waals surface area contributed by atoms with Crippen molar-refractivity contribution in [3.05, 3.63) is 41.2 Å². The Morgan fingerprint density at radius 1 is 1.05 bits per heavy atom. The minimum absolute atomic E-state index is 0.0399. The normalized spacial score (nSPS) is 17.7. The molecule has 1 aliphatic rings. The van der Waals surface area contributed by atoms with Crippen molar-refractivity contribution in [3.8, 4) is 0 Å². The van der Waals surface area contributed by atoms with Crippen molar-refractivity contribution in [1.82, 2.24) is 0 Å². The number of methoxy groups -OCH3 is 1. The molecule has 0 saturated carbocycles. The molecule has 2 rings (SSSR count). The molecule has 0 radical (unpaired) electrons. The number of allylic oxidation sites excluding steroid dienone is 1. The number of halogens is 6. The predicted molar refractivity (Wildman–Crippen MR) is 65.6 cm³/mol. The van der Waals surface area contributed by atoms with Crippen molar-refractivity contribution in [2.75, 3.05) is 13.9 Å². The van der Waals surface area contributed by atoms with E-state index in [2.05, 4.69) is 9.47 Å². The van der Waals surface area contributed by atoms with Gasteiger partial charge < -0.3 is 9.47 Å². The summed E-state index contributed by atoms with van der Waals surface area (Å²) in [4.78, 5) is 0. The van der Waals surface area contributed by atoms with Crippen molar-refractivity contribution >= 4 is 6.08 Å². The van der Waals surface area contributed by atoms with Gasteiger partial charge in [0.25, 0.3) is 0 Å². The minimum atomic E-state index is -5.56. The average molecular weight is 326 g/mol. The van der Waals surface area contributed by atoms with Crippen LogP contribution in [0, 0.1) is 5.41 Å². The zero-order valence-electron chi connectivity index (χ0n) is 11.4. The van der Waals surface area contributed by atoms with Crippen LogP contribution in [0.15, 0.2) is 30.0 Å². The largest absolute Gasteiger partial charge is 0.471 e. The van der Waals surface area contributed by atoms with Gasteiger partial charge in [0.2, 0.25) is 5.41 Å². The molecule has 0 N–H and O–H groups in total. The van der Waals surface area contributed by atoms with Crippen LogP contribution in [0.4, 0.5) is 26.3 Å². The molecule has 1 aromatic rings. The number of alkyl halides is 6. The second-order valence-electron chi connectivity index (χ2n) is 4.84. The molecule has 0 fully saturated rings. The predicted octanol–water partition coefficient (Wildman–Crippen LogP) is 4.32. The van der Waals surface area contributed by atoms with Crippen LogP contribution in [0.2, 0.25) is 0 Å². The molecule has 0 unspecified atom stereocenters. The van der Waals surface area contributed by atoms with Gasteiger partial charge in [-0.05, 0) is 17.2 Å². The Labute approximate surface area is 122 Å². The lowest BCUT2D eigenvalue weighted by molar-refractivity contribution is -0.337. The van der Waals surface area contributed by atoms with Crippen LogP contribution in [0.5, 0.6) is 0 Å². The highest BCUT2D eigenvalue weighted by Crippen LogP contribution is 2.59. The molecule has 0 saturated heterocycles. The molecule has 0 atom stereocenters. The first-order valence-corrected chi connectivity index (χ1v) is 6.19. The van der Waals surface area contributed by atoms with E-state index in [0.29, 0.717) is 0 Å². The van der Waals surface area contributed by atoms with E-state index >= 15 is 0 Å². The second-order valence-corrected chi connectivity index (χ2v) is 4.84. The lowest BCUT2D eigenvalue weighted by atomic mass is 9.73. The summed E-state index contributed by atoms with van der Waals surface area (Å²) in [5.41, 5.74) is -3.85. The van der Waals surface area contributed by atoms with Crippen molar-refractivity contribution in [1.29, 1.82) is 0 Å². The Balaban J connectivity index is 2.66. The molecular weight excluding hydrogens is 314 g/mol. The Kier molecular flexibility index (Phi) is 4.16. The van der Waals surface area contributed by atoms with Crippen LogP contribution in [-0.4, -0.2) is 26.3 Å². The Bertz CT molecular complexity index is 559. The van der Waals surface area contributed by atoms with E-state index in [1.165, 1.54) is 24.3 Å². The van der Waals surface area contributed by atoms with Gasteiger partial charge in [0.15, 0.2) is 6.79 Å². The van der Waals surface area contributed by atoms with Crippen molar-refractivity contribution in [2.24, 2.45) is 5.41 Å². The van der Waals surface area contributed by atoms with Crippen molar-refractivity contribution in [3.63, 3.8) is 0 Å². The molecule has 122 valence electrons. The average Bonchev–Trinajstić information content (AvgIpc) is 2.41. The number of benzene rings is 1. The van der Waals surface area contributed by atoms with E-state index in [4.69, 9.17) is 0 Å². The summed E-state index contributed by atoms with van der Waals surface area (Å²) >= 11 is 0. The third kappa shape index (κ3) is 2.55. The SMILES string of the molecule is COCOC1=Cc2ccccc2CC1(C(F)(F)F)C(F)(F)F. The minimum Gasteiger partial charge on any atom is -0.471 e. The molecule has 1 aliphatic carbocycles. The van der Waals surface area contributed by atoms with Crippen molar-refractivity contribution < 1.29 is 35.8 Å². The highest BCUT2D eigenvalue weighted by atomic mass is 19.4. The third-order valence-electron chi connectivity index (χ3n) is 3.52. The number of hydrogen-bond donors (Lipinski definition) is 0. The van der Waals surface area contributed by atoms with E-state index < -0.39 is 36.7 Å². The van der Waals surface area contributed by atoms with Gasteiger partial charge in [-0.25, -0.2) is 0 Å². The number of fused-ring (bicyclic) bond motifs is 1. The molecule has 0 bridgehead atoms. The van der Waals surface area contributed by atoms with Gasteiger partial charge in [-0.3, -0.25) is 0 Å². The fourth-order valence-corrected chi connectivity index (χ4v) is 2.40. The van der Waals surface area contributed by atoms with E-state index in [0.717, 1.165) is 13.2 Å². The van der Waals surface area contributed by atoms with Crippen LogP contribution >= 0.6 is 0 Å². The summed E-state index contributed by atoms with van der Waals surface area (Å²) in [6.45, 7) is -0.706. The molecule has 0 heterocycles. The zero-order chi connectivity index (χ0) is 16.6. The van der Waals surface area contributed by atoms with E-state index in [-0.39, 0.29) is 11.1 Å². The van der Waals surface area contributed by atoms with Crippen LogP contribution < -0.4 is 0 Å². The second kappa shape index (κ2) is 5.49.